The molecule has 0 amide bonds. The number of hydrogen-bond donors (Lipinski definition) is 0. The van der Waals surface area contributed by atoms with Gasteiger partial charge >= 0.3 is 24.3 Å². The molecule has 0 N–H and O–H groups in total. The van der Waals surface area contributed by atoms with E-state index in [0.29, 0.717) is 6.42 Å². The van der Waals surface area contributed by atoms with Crippen molar-refractivity contribution in [1.29, 1.82) is 0 Å². The van der Waals surface area contributed by atoms with Gasteiger partial charge in [0.15, 0.2) is 0 Å². The van der Waals surface area contributed by atoms with Gasteiger partial charge < -0.3 is 9.47 Å². The van der Waals surface area contributed by atoms with Crippen LogP contribution in [0.15, 0.2) is 0 Å². The maximum Gasteiger partial charge on any atom is 0.401 e. The van der Waals surface area contributed by atoms with Crippen LogP contribution in [-0.4, -0.2) is 37.5 Å². The summed E-state index contributed by atoms with van der Waals surface area (Å²) in [5.74, 6) is -8.13. The van der Waals surface area contributed by atoms with Crippen molar-refractivity contribution in [2.45, 2.75) is 32.6 Å². The Morgan fingerprint density at radius 3 is 2.11 bits per heavy atom. The lowest BCUT2D eigenvalue weighted by Gasteiger charge is -2.14. The molecule has 0 spiro atoms. The summed E-state index contributed by atoms with van der Waals surface area (Å²) in [7, 11) is 0. The molecule has 0 rings (SSSR count). The van der Waals surface area contributed by atoms with E-state index in [1.165, 1.54) is 0 Å². The van der Waals surface area contributed by atoms with Crippen LogP contribution in [0.4, 0.5) is 17.6 Å². The zero-order chi connectivity index (χ0) is 14.3. The molecule has 1 unspecified atom stereocenters. The number of ether oxygens (including phenoxy) is 2. The smallest absolute Gasteiger partial charge is 0.401 e. The molecule has 1 atom stereocenters. The van der Waals surface area contributed by atoms with Crippen LogP contribution in [0.2, 0.25) is 0 Å². The highest BCUT2D eigenvalue weighted by molar-refractivity contribution is 5.78. The van der Waals surface area contributed by atoms with E-state index in [2.05, 4.69) is 9.47 Å². The van der Waals surface area contributed by atoms with E-state index in [-0.39, 0.29) is 5.92 Å². The number of carbonyl (C=O) groups excluding carboxylic acids is 2. The number of carbonyl (C=O) groups is 2. The van der Waals surface area contributed by atoms with Gasteiger partial charge in [0.2, 0.25) is 0 Å². The topological polar surface area (TPSA) is 52.6 Å². The average Bonchev–Trinajstić information content (AvgIpc) is 2.32. The van der Waals surface area contributed by atoms with E-state index >= 15 is 0 Å². The molecule has 0 aliphatic rings. The first-order valence-corrected chi connectivity index (χ1v) is 5.23. The lowest BCUT2D eigenvalue weighted by atomic mass is 10.1. The lowest BCUT2D eigenvalue weighted by molar-refractivity contribution is -0.195. The molecule has 0 fully saturated rings. The van der Waals surface area contributed by atoms with Gasteiger partial charge in [0, 0.05) is 0 Å². The van der Waals surface area contributed by atoms with Gasteiger partial charge in [-0.25, -0.2) is 13.6 Å². The quantitative estimate of drug-likeness (QED) is 0.405. The summed E-state index contributed by atoms with van der Waals surface area (Å²) in [5.41, 5.74) is 0. The maximum absolute atomic E-state index is 12.4. The molecule has 0 radical (unpaired) electrons. The third-order valence-electron chi connectivity index (χ3n) is 2.12. The van der Waals surface area contributed by atoms with Crippen molar-refractivity contribution in [1.82, 2.24) is 0 Å². The van der Waals surface area contributed by atoms with Gasteiger partial charge in [-0.1, -0.05) is 13.8 Å². The first kappa shape index (κ1) is 16.7. The fourth-order valence-electron chi connectivity index (χ4n) is 0.771. The standard InChI is InChI=1S/C10H14F4O4/c1-3-6(2)7(15)17-4-5-18-9(16)10(13,14)8(11)12/h6,8H,3-5H2,1-2H3. The molecule has 4 nitrogen and oxygen atoms in total. The van der Waals surface area contributed by atoms with Crippen molar-refractivity contribution >= 4 is 11.9 Å². The summed E-state index contributed by atoms with van der Waals surface area (Å²) in [6, 6.07) is 0. The number of halogens is 4. The van der Waals surface area contributed by atoms with E-state index in [1.807, 2.05) is 0 Å². The zero-order valence-corrected chi connectivity index (χ0v) is 9.92. The van der Waals surface area contributed by atoms with Gasteiger partial charge in [-0.3, -0.25) is 4.79 Å². The molecule has 0 saturated heterocycles. The van der Waals surface area contributed by atoms with Gasteiger partial charge in [-0.05, 0) is 6.42 Å². The van der Waals surface area contributed by atoms with E-state index < -0.39 is 37.5 Å². The van der Waals surface area contributed by atoms with Crippen molar-refractivity contribution < 1.29 is 36.6 Å². The maximum atomic E-state index is 12.4. The Bertz CT molecular complexity index is 294. The Hall–Kier alpha value is -1.34. The average molecular weight is 274 g/mol. The molecule has 8 heteroatoms. The molecule has 0 bridgehead atoms. The molecule has 0 aromatic rings. The third-order valence-corrected chi connectivity index (χ3v) is 2.12. The van der Waals surface area contributed by atoms with Crippen LogP contribution in [0.25, 0.3) is 0 Å². The highest BCUT2D eigenvalue weighted by Crippen LogP contribution is 2.24. The SMILES string of the molecule is CCC(C)C(=O)OCCOC(=O)C(F)(F)C(F)F. The van der Waals surface area contributed by atoms with Gasteiger partial charge in [-0.2, -0.15) is 8.78 Å². The minimum absolute atomic E-state index is 0.372. The number of esters is 2. The molecule has 0 saturated carbocycles. The number of hydrogen-bond acceptors (Lipinski definition) is 4. The van der Waals surface area contributed by atoms with Crippen LogP contribution in [0.5, 0.6) is 0 Å². The Morgan fingerprint density at radius 2 is 1.67 bits per heavy atom. The first-order chi connectivity index (χ1) is 8.23. The molecular formula is C10H14F4O4. The van der Waals surface area contributed by atoms with Gasteiger partial charge in [0.25, 0.3) is 0 Å². The largest absolute Gasteiger partial charge is 0.462 e. The first-order valence-electron chi connectivity index (χ1n) is 5.23. The third kappa shape index (κ3) is 4.89. The number of rotatable bonds is 7. The van der Waals surface area contributed by atoms with E-state index in [0.717, 1.165) is 0 Å². The monoisotopic (exact) mass is 274 g/mol. The summed E-state index contributed by atoms with van der Waals surface area (Å²) >= 11 is 0. The van der Waals surface area contributed by atoms with E-state index in [4.69, 9.17) is 0 Å². The highest BCUT2D eigenvalue weighted by atomic mass is 19.3. The molecule has 106 valence electrons. The minimum Gasteiger partial charge on any atom is -0.462 e. The fraction of sp³-hybridized carbons (Fsp3) is 0.800. The van der Waals surface area contributed by atoms with Crippen LogP contribution in [0.1, 0.15) is 20.3 Å². The Morgan fingerprint density at radius 1 is 1.17 bits per heavy atom. The van der Waals surface area contributed by atoms with E-state index in [9.17, 15) is 27.2 Å². The Kier molecular flexibility index (Phi) is 6.64. The fourth-order valence-corrected chi connectivity index (χ4v) is 0.771. The molecule has 0 aromatic heterocycles. The van der Waals surface area contributed by atoms with Crippen molar-refractivity contribution in [2.75, 3.05) is 13.2 Å². The molecule has 0 heterocycles. The van der Waals surface area contributed by atoms with Gasteiger partial charge in [0.05, 0.1) is 5.92 Å². The normalized spacial score (nSPS) is 13.3. The molecule has 0 aliphatic heterocycles. The van der Waals surface area contributed by atoms with Crippen LogP contribution in [-0.2, 0) is 19.1 Å². The van der Waals surface area contributed by atoms with Crippen LogP contribution in [0, 0.1) is 5.92 Å². The summed E-state index contributed by atoms with van der Waals surface area (Å²) in [5, 5.41) is 0. The van der Waals surface area contributed by atoms with Crippen molar-refractivity contribution in [3.8, 4) is 0 Å². The zero-order valence-electron chi connectivity index (χ0n) is 9.92. The second-order valence-electron chi connectivity index (χ2n) is 3.54. The highest BCUT2D eigenvalue weighted by Gasteiger charge is 2.50. The van der Waals surface area contributed by atoms with Gasteiger partial charge in [-0.15, -0.1) is 0 Å². The summed E-state index contributed by atoms with van der Waals surface area (Å²) < 4.78 is 56.6. The van der Waals surface area contributed by atoms with Crippen LogP contribution < -0.4 is 0 Å². The lowest BCUT2D eigenvalue weighted by Crippen LogP contribution is -2.38. The predicted molar refractivity (Wildman–Crippen MR) is 52.3 cm³/mol. The van der Waals surface area contributed by atoms with Gasteiger partial charge in [0.1, 0.15) is 13.2 Å². The van der Waals surface area contributed by atoms with Crippen molar-refractivity contribution in [3.63, 3.8) is 0 Å². The molecular weight excluding hydrogens is 260 g/mol. The van der Waals surface area contributed by atoms with Crippen molar-refractivity contribution in [2.24, 2.45) is 5.92 Å². The predicted octanol–water partition coefficient (Wildman–Crippen LogP) is 2.02. The summed E-state index contributed by atoms with van der Waals surface area (Å²) in [4.78, 5) is 21.6. The van der Waals surface area contributed by atoms with Crippen LogP contribution in [0.3, 0.4) is 0 Å². The second-order valence-corrected chi connectivity index (χ2v) is 3.54. The van der Waals surface area contributed by atoms with E-state index in [1.54, 1.807) is 13.8 Å². The number of alkyl halides is 4. The Labute approximate surface area is 101 Å². The summed E-state index contributed by atoms with van der Waals surface area (Å²) in [6.07, 6.45) is -3.60. The van der Waals surface area contributed by atoms with Crippen molar-refractivity contribution in [3.05, 3.63) is 0 Å². The van der Waals surface area contributed by atoms with Crippen LogP contribution >= 0.6 is 0 Å². The molecule has 0 aromatic carbocycles. The minimum atomic E-state index is -4.85. The summed E-state index contributed by atoms with van der Waals surface area (Å²) in [6.45, 7) is 2.20. The molecule has 18 heavy (non-hydrogen) atoms. The second kappa shape index (κ2) is 7.17. The molecule has 0 aliphatic carbocycles. The Balaban J connectivity index is 3.93.